The molecule has 1 nitrogen and oxygen atoms in total. The highest BCUT2D eigenvalue weighted by atomic mass is 14.7. The zero-order valence-electron chi connectivity index (χ0n) is 7.26. The van der Waals surface area contributed by atoms with Gasteiger partial charge >= 0.3 is 0 Å². The summed E-state index contributed by atoms with van der Waals surface area (Å²) in [5.41, 5.74) is 1.91. The summed E-state index contributed by atoms with van der Waals surface area (Å²) in [6.07, 6.45) is 1.75. The van der Waals surface area contributed by atoms with Crippen LogP contribution in [0.5, 0.6) is 0 Å². The lowest BCUT2D eigenvalue weighted by atomic mass is 9.87. The zero-order chi connectivity index (χ0) is 8.48. The van der Waals surface area contributed by atoms with Crippen LogP contribution in [0.15, 0.2) is 18.3 Å². The monoisotopic (exact) mass is 145 g/mol. The highest BCUT2D eigenvalue weighted by molar-refractivity contribution is 6.32. The van der Waals surface area contributed by atoms with Crippen molar-refractivity contribution in [1.29, 1.82) is 0 Å². The van der Waals surface area contributed by atoms with E-state index < -0.39 is 0 Å². The van der Waals surface area contributed by atoms with Gasteiger partial charge in [-0.15, -0.1) is 0 Å². The van der Waals surface area contributed by atoms with Crippen LogP contribution in [-0.4, -0.2) is 12.8 Å². The van der Waals surface area contributed by atoms with Crippen LogP contribution in [0, 0.1) is 0 Å². The van der Waals surface area contributed by atoms with Gasteiger partial charge in [-0.25, -0.2) is 0 Å². The van der Waals surface area contributed by atoms with Crippen LogP contribution in [0.4, 0.5) is 0 Å². The minimum atomic E-state index is 0.0926. The molecule has 0 fully saturated rings. The molecule has 1 aromatic heterocycles. The molecule has 0 bridgehead atoms. The average molecular weight is 145 g/mol. The van der Waals surface area contributed by atoms with Crippen molar-refractivity contribution in [3.8, 4) is 0 Å². The second-order valence-corrected chi connectivity index (χ2v) is 3.72. The van der Waals surface area contributed by atoms with Crippen molar-refractivity contribution >= 4 is 13.3 Å². The fraction of sp³-hybridized carbons (Fsp3) is 0.444. The Balaban J connectivity index is 3.06. The van der Waals surface area contributed by atoms with Gasteiger partial charge in [0.2, 0.25) is 0 Å². The van der Waals surface area contributed by atoms with Gasteiger partial charge in [0.25, 0.3) is 0 Å². The van der Waals surface area contributed by atoms with Crippen molar-refractivity contribution in [2.75, 3.05) is 0 Å². The van der Waals surface area contributed by atoms with Crippen molar-refractivity contribution in [3.05, 3.63) is 24.0 Å². The van der Waals surface area contributed by atoms with Gasteiger partial charge < -0.3 is 0 Å². The second-order valence-electron chi connectivity index (χ2n) is 3.72. The van der Waals surface area contributed by atoms with Crippen LogP contribution in [0.1, 0.15) is 26.5 Å². The predicted molar refractivity (Wildman–Crippen MR) is 48.3 cm³/mol. The SMILES string of the molecule is [B]c1ccnc(C(C)(C)C)c1. The fourth-order valence-corrected chi connectivity index (χ4v) is 0.857. The van der Waals surface area contributed by atoms with E-state index in [9.17, 15) is 0 Å². The number of nitrogens with zero attached hydrogens (tertiary/aromatic N) is 1. The molecule has 0 unspecified atom stereocenters. The highest BCUT2D eigenvalue weighted by Gasteiger charge is 2.14. The summed E-state index contributed by atoms with van der Waals surface area (Å²) in [7, 11) is 5.62. The Hall–Kier alpha value is -0.785. The molecule has 0 saturated heterocycles. The van der Waals surface area contributed by atoms with Crippen molar-refractivity contribution < 1.29 is 0 Å². The molecule has 1 heterocycles. The normalized spacial score (nSPS) is 11.5. The Morgan fingerprint density at radius 2 is 2.00 bits per heavy atom. The van der Waals surface area contributed by atoms with E-state index in [-0.39, 0.29) is 5.41 Å². The Bertz CT molecular complexity index is 250. The van der Waals surface area contributed by atoms with Gasteiger partial charge in [-0.3, -0.25) is 4.98 Å². The van der Waals surface area contributed by atoms with Gasteiger partial charge in [0.05, 0.1) is 0 Å². The Morgan fingerprint density at radius 3 is 2.36 bits per heavy atom. The minimum Gasteiger partial charge on any atom is -0.261 e. The molecule has 0 aliphatic rings. The molecule has 0 N–H and O–H groups in total. The number of aromatic nitrogens is 1. The lowest BCUT2D eigenvalue weighted by molar-refractivity contribution is 0.569. The summed E-state index contributed by atoms with van der Waals surface area (Å²) in [6, 6.07) is 3.72. The molecule has 0 aromatic carbocycles. The first-order valence-corrected chi connectivity index (χ1v) is 3.72. The molecule has 0 atom stereocenters. The second kappa shape index (κ2) is 2.69. The van der Waals surface area contributed by atoms with Gasteiger partial charge in [-0.05, 0) is 6.07 Å². The molecule has 0 spiro atoms. The molecule has 2 radical (unpaired) electrons. The molecule has 1 aromatic rings. The molecule has 1 rings (SSSR count). The molecular weight excluding hydrogens is 133 g/mol. The number of rotatable bonds is 0. The first kappa shape index (κ1) is 8.31. The topological polar surface area (TPSA) is 12.9 Å². The summed E-state index contributed by atoms with van der Waals surface area (Å²) in [6.45, 7) is 6.36. The quantitative estimate of drug-likeness (QED) is 0.499. The minimum absolute atomic E-state index is 0.0926. The maximum Gasteiger partial charge on any atom is 0.113 e. The molecule has 11 heavy (non-hydrogen) atoms. The van der Waals surface area contributed by atoms with E-state index in [4.69, 9.17) is 7.85 Å². The lowest BCUT2D eigenvalue weighted by Gasteiger charge is -2.17. The highest BCUT2D eigenvalue weighted by Crippen LogP contribution is 2.17. The Morgan fingerprint density at radius 1 is 1.36 bits per heavy atom. The summed E-state index contributed by atoms with van der Waals surface area (Å²) in [4.78, 5) is 4.23. The maximum atomic E-state index is 5.62. The third-order valence-corrected chi connectivity index (χ3v) is 1.55. The largest absolute Gasteiger partial charge is 0.261 e. The molecular formula is C9H12BN. The summed E-state index contributed by atoms with van der Waals surface area (Å²) < 4.78 is 0. The summed E-state index contributed by atoms with van der Waals surface area (Å²) in [5, 5.41) is 0. The first-order chi connectivity index (χ1) is 5.00. The van der Waals surface area contributed by atoms with Crippen molar-refractivity contribution in [2.45, 2.75) is 26.2 Å². The smallest absolute Gasteiger partial charge is 0.113 e. The number of hydrogen-bond acceptors (Lipinski definition) is 1. The van der Waals surface area contributed by atoms with E-state index in [1.54, 1.807) is 12.3 Å². The average Bonchev–Trinajstić information content (AvgIpc) is 1.86. The summed E-state index contributed by atoms with van der Waals surface area (Å²) in [5.74, 6) is 0. The van der Waals surface area contributed by atoms with E-state index in [1.165, 1.54) is 0 Å². The van der Waals surface area contributed by atoms with Gasteiger partial charge in [-0.2, -0.15) is 0 Å². The Kier molecular flexibility index (Phi) is 2.03. The van der Waals surface area contributed by atoms with Crippen LogP contribution in [0.3, 0.4) is 0 Å². The van der Waals surface area contributed by atoms with Crippen LogP contribution < -0.4 is 5.46 Å². The van der Waals surface area contributed by atoms with Gasteiger partial charge in [0.15, 0.2) is 0 Å². The van der Waals surface area contributed by atoms with Crippen LogP contribution in [-0.2, 0) is 5.41 Å². The van der Waals surface area contributed by atoms with Gasteiger partial charge in [0.1, 0.15) is 7.85 Å². The van der Waals surface area contributed by atoms with E-state index in [2.05, 4.69) is 25.8 Å². The standard InChI is InChI=1S/C9H12BN/c1-9(2,3)8-6-7(10)4-5-11-8/h4-6H,1-3H3. The number of hydrogen-bond donors (Lipinski definition) is 0. The molecule has 2 heteroatoms. The predicted octanol–water partition coefficient (Wildman–Crippen LogP) is 1.17. The van der Waals surface area contributed by atoms with Gasteiger partial charge in [0, 0.05) is 17.3 Å². The lowest BCUT2D eigenvalue weighted by Crippen LogP contribution is -2.16. The van der Waals surface area contributed by atoms with Crippen LogP contribution in [0.2, 0.25) is 0 Å². The fourth-order valence-electron chi connectivity index (χ4n) is 0.857. The first-order valence-electron chi connectivity index (χ1n) is 3.72. The van der Waals surface area contributed by atoms with Crippen molar-refractivity contribution in [3.63, 3.8) is 0 Å². The van der Waals surface area contributed by atoms with E-state index in [0.717, 1.165) is 11.2 Å². The van der Waals surface area contributed by atoms with Crippen LogP contribution >= 0.6 is 0 Å². The zero-order valence-corrected chi connectivity index (χ0v) is 7.26. The third kappa shape index (κ3) is 2.07. The third-order valence-electron chi connectivity index (χ3n) is 1.55. The molecule has 0 saturated carbocycles. The maximum absolute atomic E-state index is 5.62. The van der Waals surface area contributed by atoms with Crippen molar-refractivity contribution in [1.82, 2.24) is 4.98 Å². The summed E-state index contributed by atoms with van der Waals surface area (Å²) >= 11 is 0. The molecule has 0 aliphatic carbocycles. The number of pyridine rings is 1. The van der Waals surface area contributed by atoms with Crippen molar-refractivity contribution in [2.24, 2.45) is 0 Å². The van der Waals surface area contributed by atoms with E-state index in [1.807, 2.05) is 6.07 Å². The molecule has 0 amide bonds. The van der Waals surface area contributed by atoms with E-state index in [0.29, 0.717) is 0 Å². The molecule has 0 aliphatic heterocycles. The van der Waals surface area contributed by atoms with Gasteiger partial charge in [-0.1, -0.05) is 32.3 Å². The van der Waals surface area contributed by atoms with E-state index >= 15 is 0 Å². The Labute approximate surface area is 69.3 Å². The molecule has 56 valence electrons. The van der Waals surface area contributed by atoms with Crippen LogP contribution in [0.25, 0.3) is 0 Å².